The third-order valence-electron chi connectivity index (χ3n) is 1.66. The number of unbranched alkanes of at least 4 members (excludes halogenated alkanes) is 2. The van der Waals surface area contributed by atoms with Gasteiger partial charge < -0.3 is 10.8 Å². The maximum absolute atomic E-state index is 9.93. The average molecular weight is 210 g/mol. The Morgan fingerprint density at radius 1 is 1.13 bits per heavy atom. The van der Waals surface area contributed by atoms with Gasteiger partial charge in [0.15, 0.2) is 0 Å². The Kier molecular flexibility index (Phi) is 9.65. The quantitative estimate of drug-likeness (QED) is 0.725. The largest absolute Gasteiger partial charge is 0.481 e. The van der Waals surface area contributed by atoms with Gasteiger partial charge >= 0.3 is 5.97 Å². The highest BCUT2D eigenvalue weighted by molar-refractivity contribution is 5.66. The van der Waals surface area contributed by atoms with Crippen LogP contribution in [0.25, 0.3) is 0 Å². The van der Waals surface area contributed by atoms with Crippen LogP contribution >= 0.6 is 0 Å². The molecule has 15 heavy (non-hydrogen) atoms. The molecule has 0 atom stereocenters. The molecule has 0 aliphatic heterocycles. The van der Waals surface area contributed by atoms with E-state index in [0.717, 1.165) is 19.3 Å². The summed E-state index contributed by atoms with van der Waals surface area (Å²) in [5.41, 5.74) is 5.20. The molecule has 1 aromatic rings. The first kappa shape index (κ1) is 13.6. The van der Waals surface area contributed by atoms with Crippen LogP contribution in [0.3, 0.4) is 0 Å². The fraction of sp³-hybridized carbons (Fsp3) is 0.455. The maximum Gasteiger partial charge on any atom is 0.303 e. The third-order valence-corrected chi connectivity index (χ3v) is 1.66. The highest BCUT2D eigenvalue weighted by Gasteiger charge is 1.94. The van der Waals surface area contributed by atoms with E-state index in [9.17, 15) is 4.79 Å². The summed E-state index contributed by atoms with van der Waals surface area (Å²) >= 11 is 0. The van der Waals surface area contributed by atoms with Gasteiger partial charge in [-0.3, -0.25) is 9.78 Å². The molecule has 1 rings (SSSR count). The van der Waals surface area contributed by atoms with E-state index in [2.05, 4.69) is 4.98 Å². The summed E-state index contributed by atoms with van der Waals surface area (Å²) in [6, 6.07) is 5.72. The monoisotopic (exact) mass is 210 g/mol. The van der Waals surface area contributed by atoms with E-state index in [1.54, 1.807) is 12.4 Å². The highest BCUT2D eigenvalue weighted by Crippen LogP contribution is 1.97. The molecule has 4 heteroatoms. The molecule has 0 unspecified atom stereocenters. The maximum atomic E-state index is 9.93. The zero-order chi connectivity index (χ0) is 11.4. The molecule has 4 nitrogen and oxygen atoms in total. The van der Waals surface area contributed by atoms with Gasteiger partial charge in [0, 0.05) is 18.8 Å². The van der Waals surface area contributed by atoms with Crippen molar-refractivity contribution in [1.29, 1.82) is 0 Å². The van der Waals surface area contributed by atoms with E-state index in [-0.39, 0.29) is 6.42 Å². The lowest BCUT2D eigenvalue weighted by Crippen LogP contribution is -1.99. The number of rotatable bonds is 5. The molecule has 1 aromatic heterocycles. The number of carboxylic acid groups (broad SMARTS) is 1. The minimum absolute atomic E-state index is 0.278. The molecule has 0 saturated heterocycles. The van der Waals surface area contributed by atoms with Crippen LogP contribution in [0, 0.1) is 0 Å². The Bertz CT molecular complexity index is 213. The van der Waals surface area contributed by atoms with Crippen LogP contribution in [0.2, 0.25) is 0 Å². The molecule has 0 radical (unpaired) electrons. The topological polar surface area (TPSA) is 76.2 Å². The van der Waals surface area contributed by atoms with Gasteiger partial charge in [-0.25, -0.2) is 0 Å². The Morgan fingerprint density at radius 3 is 2.13 bits per heavy atom. The standard InChI is InChI=1S/C6H13NO2.C5H5N/c7-5-3-1-2-4-6(8)9;1-2-4-6-5-3-1/h1-5,7H2,(H,8,9);1-5H. The number of carbonyl (C=O) groups is 1. The van der Waals surface area contributed by atoms with E-state index < -0.39 is 5.97 Å². The molecule has 0 spiro atoms. The van der Waals surface area contributed by atoms with Crippen LogP contribution in [0.4, 0.5) is 0 Å². The van der Waals surface area contributed by atoms with Gasteiger partial charge in [0.1, 0.15) is 0 Å². The summed E-state index contributed by atoms with van der Waals surface area (Å²) in [6.45, 7) is 0.666. The van der Waals surface area contributed by atoms with Gasteiger partial charge in [0.2, 0.25) is 0 Å². The summed E-state index contributed by atoms with van der Waals surface area (Å²) in [5.74, 6) is -0.716. The zero-order valence-corrected chi connectivity index (χ0v) is 8.80. The summed E-state index contributed by atoms with van der Waals surface area (Å²) < 4.78 is 0. The molecule has 0 aliphatic carbocycles. The number of nitrogens with zero attached hydrogens (tertiary/aromatic N) is 1. The van der Waals surface area contributed by atoms with Crippen LogP contribution in [-0.2, 0) is 4.79 Å². The fourth-order valence-electron chi connectivity index (χ4n) is 0.910. The first-order valence-corrected chi connectivity index (χ1v) is 5.04. The van der Waals surface area contributed by atoms with Gasteiger partial charge in [-0.15, -0.1) is 0 Å². The minimum atomic E-state index is -0.716. The van der Waals surface area contributed by atoms with Crippen LogP contribution in [-0.4, -0.2) is 22.6 Å². The van der Waals surface area contributed by atoms with Gasteiger partial charge in [-0.2, -0.15) is 0 Å². The first-order chi connectivity index (χ1) is 7.27. The molecule has 0 fully saturated rings. The second-order valence-corrected chi connectivity index (χ2v) is 3.02. The van der Waals surface area contributed by atoms with Crippen molar-refractivity contribution in [1.82, 2.24) is 4.98 Å². The van der Waals surface area contributed by atoms with Gasteiger partial charge in [0.25, 0.3) is 0 Å². The molecular formula is C11H18N2O2. The average Bonchev–Trinajstić information content (AvgIpc) is 2.28. The van der Waals surface area contributed by atoms with Crippen LogP contribution in [0.1, 0.15) is 25.7 Å². The van der Waals surface area contributed by atoms with Crippen molar-refractivity contribution in [2.24, 2.45) is 5.73 Å². The molecule has 0 aliphatic rings. The molecule has 0 amide bonds. The molecule has 0 bridgehead atoms. The smallest absolute Gasteiger partial charge is 0.303 e. The summed E-state index contributed by atoms with van der Waals surface area (Å²) in [7, 11) is 0. The van der Waals surface area contributed by atoms with Crippen molar-refractivity contribution < 1.29 is 9.90 Å². The van der Waals surface area contributed by atoms with E-state index in [1.807, 2.05) is 18.2 Å². The highest BCUT2D eigenvalue weighted by atomic mass is 16.4. The fourth-order valence-corrected chi connectivity index (χ4v) is 0.910. The normalized spacial score (nSPS) is 8.87. The van der Waals surface area contributed by atoms with E-state index >= 15 is 0 Å². The Balaban J connectivity index is 0.000000280. The van der Waals surface area contributed by atoms with E-state index in [1.165, 1.54) is 0 Å². The summed E-state index contributed by atoms with van der Waals surface area (Å²) in [6.07, 6.45) is 6.41. The second-order valence-electron chi connectivity index (χ2n) is 3.02. The number of carboxylic acids is 1. The SMILES string of the molecule is NCCCCCC(=O)O.c1ccncc1. The second kappa shape index (κ2) is 10.7. The first-order valence-electron chi connectivity index (χ1n) is 5.04. The van der Waals surface area contributed by atoms with Gasteiger partial charge in [-0.05, 0) is 31.5 Å². The van der Waals surface area contributed by atoms with Crippen molar-refractivity contribution in [2.75, 3.05) is 6.54 Å². The van der Waals surface area contributed by atoms with Crippen molar-refractivity contribution in [3.8, 4) is 0 Å². The lowest BCUT2D eigenvalue weighted by molar-refractivity contribution is -0.137. The summed E-state index contributed by atoms with van der Waals surface area (Å²) in [5, 5.41) is 8.18. The van der Waals surface area contributed by atoms with Crippen LogP contribution in [0.5, 0.6) is 0 Å². The van der Waals surface area contributed by atoms with Gasteiger partial charge in [0.05, 0.1) is 0 Å². The minimum Gasteiger partial charge on any atom is -0.481 e. The molecule has 0 aromatic carbocycles. The number of aliphatic carboxylic acids is 1. The molecule has 3 N–H and O–H groups in total. The molecule has 84 valence electrons. The number of nitrogens with two attached hydrogens (primary N) is 1. The molecule has 1 heterocycles. The predicted molar refractivity (Wildman–Crippen MR) is 59.4 cm³/mol. The number of hydrogen-bond donors (Lipinski definition) is 2. The van der Waals surface area contributed by atoms with E-state index in [0.29, 0.717) is 6.54 Å². The van der Waals surface area contributed by atoms with E-state index in [4.69, 9.17) is 10.8 Å². The number of hydrogen-bond acceptors (Lipinski definition) is 3. The van der Waals surface area contributed by atoms with Crippen molar-refractivity contribution in [3.05, 3.63) is 30.6 Å². The zero-order valence-electron chi connectivity index (χ0n) is 8.80. The number of aromatic nitrogens is 1. The van der Waals surface area contributed by atoms with Crippen LogP contribution in [0.15, 0.2) is 30.6 Å². The third kappa shape index (κ3) is 12.6. The number of pyridine rings is 1. The Labute approximate surface area is 90.1 Å². The summed E-state index contributed by atoms with van der Waals surface area (Å²) in [4.78, 5) is 13.7. The lowest BCUT2D eigenvalue weighted by atomic mass is 10.2. The lowest BCUT2D eigenvalue weighted by Gasteiger charge is -1.93. The Morgan fingerprint density at radius 2 is 1.80 bits per heavy atom. The van der Waals surface area contributed by atoms with Gasteiger partial charge in [-0.1, -0.05) is 12.5 Å². The predicted octanol–water partition coefficient (Wildman–Crippen LogP) is 1.67. The van der Waals surface area contributed by atoms with Crippen molar-refractivity contribution in [3.63, 3.8) is 0 Å². The Hall–Kier alpha value is -1.42. The van der Waals surface area contributed by atoms with Crippen LogP contribution < -0.4 is 5.73 Å². The van der Waals surface area contributed by atoms with Crippen molar-refractivity contribution in [2.45, 2.75) is 25.7 Å². The molecular weight excluding hydrogens is 192 g/mol. The molecule has 0 saturated carbocycles. The van der Waals surface area contributed by atoms with Crippen molar-refractivity contribution >= 4 is 5.97 Å².